The molecule has 1 amide bonds. The Hall–Kier alpha value is -3.39. The van der Waals surface area contributed by atoms with Crippen molar-refractivity contribution in [1.29, 1.82) is 0 Å². The number of anilines is 1. The van der Waals surface area contributed by atoms with Crippen molar-refractivity contribution < 1.29 is 18.0 Å². The van der Waals surface area contributed by atoms with Gasteiger partial charge in [-0.15, -0.1) is 11.3 Å². The summed E-state index contributed by atoms with van der Waals surface area (Å²) in [6, 6.07) is 10.7. The fraction of sp³-hybridized carbons (Fsp3) is 0.0476. The van der Waals surface area contributed by atoms with Gasteiger partial charge in [-0.25, -0.2) is 4.98 Å². The number of halogens is 3. The number of nitrogens with zero attached hydrogens (tertiary/aromatic N) is 1. The summed E-state index contributed by atoms with van der Waals surface area (Å²) in [6.45, 7) is 0. The molecular weight excluding hydrogens is 399 g/mol. The van der Waals surface area contributed by atoms with Crippen molar-refractivity contribution in [2.45, 2.75) is 6.18 Å². The molecule has 146 valence electrons. The highest BCUT2D eigenvalue weighted by Gasteiger charge is 2.31. The van der Waals surface area contributed by atoms with E-state index in [-0.39, 0.29) is 5.91 Å². The van der Waals surface area contributed by atoms with Crippen molar-refractivity contribution in [3.05, 3.63) is 77.4 Å². The van der Waals surface area contributed by atoms with E-state index in [1.165, 1.54) is 35.8 Å². The molecule has 0 aliphatic rings. The number of hydrogen-bond acceptors (Lipinski definition) is 3. The first-order valence-electron chi connectivity index (χ1n) is 8.57. The number of H-pyrrole nitrogens is 1. The number of benzene rings is 2. The molecule has 29 heavy (non-hydrogen) atoms. The van der Waals surface area contributed by atoms with Crippen molar-refractivity contribution in [3.63, 3.8) is 0 Å². The quantitative estimate of drug-likeness (QED) is 0.406. The summed E-state index contributed by atoms with van der Waals surface area (Å²) in [5.41, 5.74) is 1.62. The van der Waals surface area contributed by atoms with E-state index in [4.69, 9.17) is 0 Å². The highest BCUT2D eigenvalue weighted by atomic mass is 32.1. The van der Waals surface area contributed by atoms with Crippen molar-refractivity contribution in [3.8, 4) is 10.6 Å². The maximum atomic E-state index is 13.1. The number of thiazole rings is 1. The van der Waals surface area contributed by atoms with Gasteiger partial charge in [-0.2, -0.15) is 13.2 Å². The smallest absolute Gasteiger partial charge is 0.361 e. The van der Waals surface area contributed by atoms with Crippen LogP contribution in [0.5, 0.6) is 0 Å². The zero-order chi connectivity index (χ0) is 20.4. The Morgan fingerprint density at radius 3 is 2.76 bits per heavy atom. The van der Waals surface area contributed by atoms with Crippen LogP contribution in [0.4, 0.5) is 18.9 Å². The first kappa shape index (κ1) is 18.9. The van der Waals surface area contributed by atoms with Crippen LogP contribution in [-0.2, 0) is 11.0 Å². The summed E-state index contributed by atoms with van der Waals surface area (Å²) in [5.74, 6) is -0.384. The fourth-order valence-electron chi connectivity index (χ4n) is 2.90. The van der Waals surface area contributed by atoms with E-state index in [2.05, 4.69) is 15.3 Å². The van der Waals surface area contributed by atoms with Gasteiger partial charge in [0.15, 0.2) is 0 Å². The third-order valence-electron chi connectivity index (χ3n) is 4.28. The van der Waals surface area contributed by atoms with E-state index in [0.717, 1.165) is 23.0 Å². The molecule has 0 spiro atoms. The standard InChI is InChI=1S/C21H14F3N3OS/c22-21(23,24)15-3-1-13(17(12-15)20-26-9-10-29-20)2-6-19(28)27-16-4-5-18-14(11-16)7-8-25-18/h1-12,25H,(H,27,28). The molecule has 0 atom stereocenters. The molecule has 0 saturated heterocycles. The normalized spacial score (nSPS) is 12.0. The Bertz CT molecular complexity index is 1190. The zero-order valence-corrected chi connectivity index (χ0v) is 15.6. The van der Waals surface area contributed by atoms with Crippen LogP contribution in [0.15, 0.2) is 66.3 Å². The molecular formula is C21H14F3N3OS. The molecule has 0 saturated carbocycles. The first-order valence-corrected chi connectivity index (χ1v) is 9.45. The van der Waals surface area contributed by atoms with Crippen LogP contribution in [0, 0.1) is 0 Å². The highest BCUT2D eigenvalue weighted by molar-refractivity contribution is 7.13. The van der Waals surface area contributed by atoms with Gasteiger partial charge in [0.2, 0.25) is 5.91 Å². The summed E-state index contributed by atoms with van der Waals surface area (Å²) in [5, 5.41) is 5.85. The SMILES string of the molecule is O=C(C=Cc1ccc(C(F)(F)F)cc1-c1nccs1)Nc1ccc2[nH]ccc2c1. The molecule has 2 heterocycles. The number of fused-ring (bicyclic) bond motifs is 1. The number of aromatic nitrogens is 2. The minimum absolute atomic E-state index is 0.326. The van der Waals surface area contributed by atoms with Gasteiger partial charge in [-0.05, 0) is 48.0 Å². The maximum Gasteiger partial charge on any atom is 0.416 e. The summed E-state index contributed by atoms with van der Waals surface area (Å²) in [7, 11) is 0. The van der Waals surface area contributed by atoms with Crippen LogP contribution < -0.4 is 5.32 Å². The molecule has 2 N–H and O–H groups in total. The fourth-order valence-corrected chi connectivity index (χ4v) is 3.58. The van der Waals surface area contributed by atoms with Crippen LogP contribution >= 0.6 is 11.3 Å². The molecule has 0 fully saturated rings. The average Bonchev–Trinajstić information content (AvgIpc) is 3.37. The van der Waals surface area contributed by atoms with Gasteiger partial charge in [0, 0.05) is 46.0 Å². The molecule has 0 aliphatic carbocycles. The zero-order valence-electron chi connectivity index (χ0n) is 14.8. The van der Waals surface area contributed by atoms with Gasteiger partial charge in [-0.3, -0.25) is 4.79 Å². The van der Waals surface area contributed by atoms with Crippen molar-refractivity contribution in [2.24, 2.45) is 0 Å². The molecule has 2 aromatic heterocycles. The minimum Gasteiger partial charge on any atom is -0.361 e. The van der Waals surface area contributed by atoms with E-state index in [9.17, 15) is 18.0 Å². The lowest BCUT2D eigenvalue weighted by Crippen LogP contribution is -2.08. The Kier molecular flexibility index (Phi) is 4.94. The topological polar surface area (TPSA) is 57.8 Å². The Morgan fingerprint density at radius 2 is 2.00 bits per heavy atom. The van der Waals surface area contributed by atoms with Crippen LogP contribution in [0.25, 0.3) is 27.6 Å². The summed E-state index contributed by atoms with van der Waals surface area (Å²) < 4.78 is 39.3. The molecule has 4 nitrogen and oxygen atoms in total. The van der Waals surface area contributed by atoms with Gasteiger partial charge in [0.05, 0.1) is 5.56 Å². The monoisotopic (exact) mass is 413 g/mol. The first-order chi connectivity index (χ1) is 13.9. The number of carbonyl (C=O) groups is 1. The summed E-state index contributed by atoms with van der Waals surface area (Å²) >= 11 is 1.23. The lowest BCUT2D eigenvalue weighted by molar-refractivity contribution is -0.137. The number of alkyl halides is 3. The van der Waals surface area contributed by atoms with Gasteiger partial charge < -0.3 is 10.3 Å². The lowest BCUT2D eigenvalue weighted by atomic mass is 10.0. The second-order valence-electron chi connectivity index (χ2n) is 6.24. The van der Waals surface area contributed by atoms with E-state index in [1.54, 1.807) is 17.6 Å². The van der Waals surface area contributed by atoms with E-state index in [1.807, 2.05) is 18.2 Å². The predicted molar refractivity (Wildman–Crippen MR) is 109 cm³/mol. The van der Waals surface area contributed by atoms with Crippen molar-refractivity contribution in [2.75, 3.05) is 5.32 Å². The Labute approximate surface area is 167 Å². The van der Waals surface area contributed by atoms with Crippen LogP contribution in [0.1, 0.15) is 11.1 Å². The van der Waals surface area contributed by atoms with Crippen LogP contribution in [0.3, 0.4) is 0 Å². The average molecular weight is 413 g/mol. The van der Waals surface area contributed by atoms with E-state index in [0.29, 0.717) is 21.8 Å². The Morgan fingerprint density at radius 1 is 1.14 bits per heavy atom. The molecule has 4 rings (SSSR count). The second-order valence-corrected chi connectivity index (χ2v) is 7.13. The van der Waals surface area contributed by atoms with Gasteiger partial charge >= 0.3 is 6.18 Å². The molecule has 8 heteroatoms. The van der Waals surface area contributed by atoms with E-state index >= 15 is 0 Å². The number of amides is 1. The third-order valence-corrected chi connectivity index (χ3v) is 5.08. The largest absolute Gasteiger partial charge is 0.416 e. The van der Waals surface area contributed by atoms with Gasteiger partial charge in [-0.1, -0.05) is 6.07 Å². The van der Waals surface area contributed by atoms with Crippen molar-refractivity contribution in [1.82, 2.24) is 9.97 Å². The summed E-state index contributed by atoms with van der Waals surface area (Å²) in [6.07, 6.45) is 1.66. The molecule has 2 aromatic carbocycles. The number of hydrogen-bond donors (Lipinski definition) is 2. The molecule has 0 radical (unpaired) electrons. The van der Waals surface area contributed by atoms with E-state index < -0.39 is 11.7 Å². The number of aromatic amines is 1. The lowest BCUT2D eigenvalue weighted by Gasteiger charge is -2.10. The minimum atomic E-state index is -4.46. The third kappa shape index (κ3) is 4.22. The molecule has 0 bridgehead atoms. The number of carbonyl (C=O) groups excluding carboxylic acids is 1. The van der Waals surface area contributed by atoms with Crippen molar-refractivity contribution >= 4 is 39.9 Å². The van der Waals surface area contributed by atoms with Crippen LogP contribution in [0.2, 0.25) is 0 Å². The highest BCUT2D eigenvalue weighted by Crippen LogP contribution is 2.35. The molecule has 0 unspecified atom stereocenters. The Balaban J connectivity index is 1.59. The van der Waals surface area contributed by atoms with Gasteiger partial charge in [0.25, 0.3) is 0 Å². The van der Waals surface area contributed by atoms with Gasteiger partial charge in [0.1, 0.15) is 5.01 Å². The number of nitrogens with one attached hydrogen (secondary N) is 2. The molecule has 4 aromatic rings. The van der Waals surface area contributed by atoms with Crippen LogP contribution in [-0.4, -0.2) is 15.9 Å². The maximum absolute atomic E-state index is 13.1. The molecule has 0 aliphatic heterocycles. The number of rotatable bonds is 4. The summed E-state index contributed by atoms with van der Waals surface area (Å²) in [4.78, 5) is 19.5. The predicted octanol–water partition coefficient (Wildman–Crippen LogP) is 5.96. The second kappa shape index (κ2) is 7.56.